The summed E-state index contributed by atoms with van der Waals surface area (Å²) in [5, 5.41) is 0. The third kappa shape index (κ3) is 33.8. The van der Waals surface area contributed by atoms with Crippen LogP contribution in [0.1, 0.15) is 122 Å². The van der Waals surface area contributed by atoms with E-state index in [-0.39, 0.29) is 0 Å². The molecule has 27 heavy (non-hydrogen) atoms. The van der Waals surface area contributed by atoms with E-state index in [0.29, 0.717) is 0 Å². The van der Waals surface area contributed by atoms with Crippen molar-refractivity contribution in [2.75, 3.05) is 26.2 Å². The monoisotopic (exact) mass is 386 g/mol. The Bertz CT molecular complexity index is 202. The van der Waals surface area contributed by atoms with Crippen LogP contribution in [0.15, 0.2) is 0 Å². The third-order valence-corrected chi connectivity index (χ3v) is 5.07. The molecule has 0 aliphatic carbocycles. The summed E-state index contributed by atoms with van der Waals surface area (Å²) in [7, 11) is 0. The molecule has 0 spiro atoms. The van der Waals surface area contributed by atoms with E-state index in [1.807, 2.05) is 0 Å². The summed E-state index contributed by atoms with van der Waals surface area (Å²) >= 11 is 0. The van der Waals surface area contributed by atoms with Crippen molar-refractivity contribution in [3.8, 4) is 0 Å². The van der Waals surface area contributed by atoms with E-state index < -0.39 is 0 Å². The van der Waals surface area contributed by atoms with Crippen LogP contribution in [-0.2, 0) is 0 Å². The highest BCUT2D eigenvalue weighted by Crippen LogP contribution is 2.10. The summed E-state index contributed by atoms with van der Waals surface area (Å²) in [5.41, 5.74) is 21.7. The highest BCUT2D eigenvalue weighted by atomic mass is 14.5. The molecule has 0 heterocycles. The second kappa shape index (κ2) is 30.6. The minimum atomic E-state index is 0.858. The Hall–Kier alpha value is -0.160. The van der Waals surface area contributed by atoms with Gasteiger partial charge in [-0.3, -0.25) is 0 Å². The minimum absolute atomic E-state index is 0.858. The molecule has 0 aliphatic heterocycles. The van der Waals surface area contributed by atoms with E-state index in [4.69, 9.17) is 22.9 Å². The first-order chi connectivity index (χ1) is 13.3. The van der Waals surface area contributed by atoms with Crippen molar-refractivity contribution in [3.05, 3.63) is 0 Å². The molecule has 0 aromatic carbocycles. The molecule has 0 saturated carbocycles. The molecule has 166 valence electrons. The largest absolute Gasteiger partial charge is 0.330 e. The zero-order valence-corrected chi connectivity index (χ0v) is 18.6. The standard InChI is InChI=1S/C12H28N2.C11H26N2/c13-11-9-7-5-3-1-2-4-6-8-10-12-14;12-10-8-6-4-2-1-3-5-7-9-11-13/h1-14H2;1-13H2. The second-order valence-corrected chi connectivity index (χ2v) is 7.87. The Morgan fingerprint density at radius 1 is 0.185 bits per heavy atom. The molecule has 0 unspecified atom stereocenters. The van der Waals surface area contributed by atoms with Crippen LogP contribution < -0.4 is 22.9 Å². The predicted molar refractivity (Wildman–Crippen MR) is 124 cm³/mol. The van der Waals surface area contributed by atoms with Crippen LogP contribution in [0, 0.1) is 0 Å². The van der Waals surface area contributed by atoms with Gasteiger partial charge in [-0.1, -0.05) is 96.3 Å². The van der Waals surface area contributed by atoms with Crippen molar-refractivity contribution in [3.63, 3.8) is 0 Å². The smallest absolute Gasteiger partial charge is 0.00773 e. The van der Waals surface area contributed by atoms with E-state index in [2.05, 4.69) is 0 Å². The maximum absolute atomic E-state index is 5.43. The fourth-order valence-electron chi connectivity index (χ4n) is 3.23. The van der Waals surface area contributed by atoms with Crippen LogP contribution in [-0.4, -0.2) is 26.2 Å². The summed E-state index contributed by atoms with van der Waals surface area (Å²) in [4.78, 5) is 0. The molecule has 4 heteroatoms. The Labute approximate surface area is 171 Å². The molecule has 0 aliphatic rings. The van der Waals surface area contributed by atoms with Gasteiger partial charge in [-0.05, 0) is 51.9 Å². The van der Waals surface area contributed by atoms with Gasteiger partial charge in [-0.25, -0.2) is 0 Å². The van der Waals surface area contributed by atoms with Crippen molar-refractivity contribution in [2.24, 2.45) is 22.9 Å². The summed E-state index contributed by atoms with van der Waals surface area (Å²) in [6, 6.07) is 0. The Morgan fingerprint density at radius 3 is 0.407 bits per heavy atom. The molecule has 0 radical (unpaired) electrons. The molecule has 0 amide bonds. The molecule has 0 aromatic rings. The van der Waals surface area contributed by atoms with Gasteiger partial charge in [0.2, 0.25) is 0 Å². The molecule has 4 nitrogen and oxygen atoms in total. The van der Waals surface area contributed by atoms with Crippen LogP contribution in [0.2, 0.25) is 0 Å². The number of hydrogen-bond acceptors (Lipinski definition) is 4. The molecule has 0 fully saturated rings. The van der Waals surface area contributed by atoms with Gasteiger partial charge in [0.05, 0.1) is 0 Å². The molecule has 0 saturated heterocycles. The van der Waals surface area contributed by atoms with Crippen molar-refractivity contribution in [1.82, 2.24) is 0 Å². The zero-order valence-electron chi connectivity index (χ0n) is 18.6. The van der Waals surface area contributed by atoms with Gasteiger partial charge in [-0.15, -0.1) is 0 Å². The normalized spacial score (nSPS) is 10.7. The van der Waals surface area contributed by atoms with Gasteiger partial charge >= 0.3 is 0 Å². The zero-order chi connectivity index (χ0) is 20.3. The molecule has 8 N–H and O–H groups in total. The first kappa shape index (κ1) is 29.0. The summed E-state index contributed by atoms with van der Waals surface area (Å²) in [6.07, 6.45) is 25.4. The lowest BCUT2D eigenvalue weighted by Crippen LogP contribution is -1.98. The fraction of sp³-hybridized carbons (Fsp3) is 1.00. The highest BCUT2D eigenvalue weighted by Gasteiger charge is 1.92. The quantitative estimate of drug-likeness (QED) is 0.203. The second-order valence-electron chi connectivity index (χ2n) is 7.87. The van der Waals surface area contributed by atoms with Gasteiger partial charge < -0.3 is 22.9 Å². The van der Waals surface area contributed by atoms with Crippen molar-refractivity contribution < 1.29 is 0 Å². The van der Waals surface area contributed by atoms with Gasteiger partial charge in [-0.2, -0.15) is 0 Å². The van der Waals surface area contributed by atoms with Crippen molar-refractivity contribution in [2.45, 2.75) is 122 Å². The van der Waals surface area contributed by atoms with E-state index in [0.717, 1.165) is 26.2 Å². The lowest BCUT2D eigenvalue weighted by atomic mass is 10.1. The predicted octanol–water partition coefficient (Wildman–Crippen LogP) is 5.22. The van der Waals surface area contributed by atoms with Crippen molar-refractivity contribution in [1.29, 1.82) is 0 Å². The average molecular weight is 387 g/mol. The van der Waals surface area contributed by atoms with E-state index >= 15 is 0 Å². The number of hydrogen-bond donors (Lipinski definition) is 4. The molecular formula is C23H54N4. The number of nitrogens with two attached hydrogens (primary N) is 4. The van der Waals surface area contributed by atoms with Gasteiger partial charge in [0.15, 0.2) is 0 Å². The van der Waals surface area contributed by atoms with Crippen LogP contribution in [0.3, 0.4) is 0 Å². The Morgan fingerprint density at radius 2 is 0.296 bits per heavy atom. The third-order valence-electron chi connectivity index (χ3n) is 5.07. The van der Waals surface area contributed by atoms with E-state index in [1.54, 1.807) is 0 Å². The van der Waals surface area contributed by atoms with Gasteiger partial charge in [0.1, 0.15) is 0 Å². The van der Waals surface area contributed by atoms with Crippen LogP contribution in [0.25, 0.3) is 0 Å². The first-order valence-corrected chi connectivity index (χ1v) is 12.1. The lowest BCUT2D eigenvalue weighted by Gasteiger charge is -2.01. The Balaban J connectivity index is 0. The molecule has 0 aromatic heterocycles. The van der Waals surface area contributed by atoms with E-state index in [1.165, 1.54) is 122 Å². The SMILES string of the molecule is NCCCCCCCCCCCCN.NCCCCCCCCCCCN. The van der Waals surface area contributed by atoms with Crippen LogP contribution >= 0.6 is 0 Å². The number of unbranched alkanes of at least 4 members (excludes halogenated alkanes) is 17. The van der Waals surface area contributed by atoms with Crippen molar-refractivity contribution >= 4 is 0 Å². The summed E-state index contributed by atoms with van der Waals surface area (Å²) in [6.45, 7) is 3.44. The summed E-state index contributed by atoms with van der Waals surface area (Å²) < 4.78 is 0. The molecule has 0 rings (SSSR count). The summed E-state index contributed by atoms with van der Waals surface area (Å²) in [5.74, 6) is 0. The van der Waals surface area contributed by atoms with Crippen LogP contribution in [0.5, 0.6) is 0 Å². The van der Waals surface area contributed by atoms with Gasteiger partial charge in [0, 0.05) is 0 Å². The van der Waals surface area contributed by atoms with Gasteiger partial charge in [0.25, 0.3) is 0 Å². The lowest BCUT2D eigenvalue weighted by molar-refractivity contribution is 0.554. The Kier molecular flexibility index (Phi) is 32.9. The maximum atomic E-state index is 5.43. The fourth-order valence-corrected chi connectivity index (χ4v) is 3.23. The molecule has 0 bridgehead atoms. The minimum Gasteiger partial charge on any atom is -0.330 e. The maximum Gasteiger partial charge on any atom is -0.00773 e. The topological polar surface area (TPSA) is 104 Å². The van der Waals surface area contributed by atoms with Crippen LogP contribution in [0.4, 0.5) is 0 Å². The molecular weight excluding hydrogens is 332 g/mol. The average Bonchev–Trinajstić information content (AvgIpc) is 2.69. The highest BCUT2D eigenvalue weighted by molar-refractivity contribution is 4.49. The molecule has 0 atom stereocenters. The number of rotatable bonds is 21. The van der Waals surface area contributed by atoms with E-state index in [9.17, 15) is 0 Å². The first-order valence-electron chi connectivity index (χ1n) is 12.1.